The highest BCUT2D eigenvalue weighted by atomic mass is 19.4. The molecule has 0 bridgehead atoms. The summed E-state index contributed by atoms with van der Waals surface area (Å²) < 4.78 is 37.9. The highest BCUT2D eigenvalue weighted by Gasteiger charge is 2.30. The van der Waals surface area contributed by atoms with Gasteiger partial charge in [0.1, 0.15) is 0 Å². The van der Waals surface area contributed by atoms with Crippen LogP contribution in [-0.2, 0) is 11.0 Å². The Balaban J connectivity index is 1.78. The van der Waals surface area contributed by atoms with E-state index in [-0.39, 0.29) is 11.5 Å². The van der Waals surface area contributed by atoms with Crippen LogP contribution in [0.15, 0.2) is 42.5 Å². The first kappa shape index (κ1) is 18.9. The fourth-order valence-electron chi connectivity index (χ4n) is 3.05. The van der Waals surface area contributed by atoms with Crippen molar-refractivity contribution in [3.05, 3.63) is 59.2 Å². The molecule has 0 spiro atoms. The number of amides is 2. The van der Waals surface area contributed by atoms with Gasteiger partial charge < -0.3 is 10.2 Å². The highest BCUT2D eigenvalue weighted by molar-refractivity contribution is 6.05. The molecule has 3 rings (SSSR count). The molecule has 0 atom stereocenters. The fraction of sp³-hybridized carbons (Fsp3) is 0.300. The lowest BCUT2D eigenvalue weighted by molar-refractivity contribution is -0.137. The molecule has 1 saturated heterocycles. The second-order valence-electron chi connectivity index (χ2n) is 6.53. The lowest BCUT2D eigenvalue weighted by atomic mass is 10.1. The molecule has 0 aliphatic carbocycles. The van der Waals surface area contributed by atoms with E-state index in [4.69, 9.17) is 0 Å². The summed E-state index contributed by atoms with van der Waals surface area (Å²) in [4.78, 5) is 26.2. The zero-order chi connectivity index (χ0) is 19.6. The van der Waals surface area contributed by atoms with Gasteiger partial charge in [0.25, 0.3) is 5.91 Å². The van der Waals surface area contributed by atoms with Gasteiger partial charge in [-0.2, -0.15) is 13.2 Å². The molecule has 1 heterocycles. The average Bonchev–Trinajstić information content (AvgIpc) is 2.63. The number of carbonyl (C=O) groups is 2. The molecule has 2 amide bonds. The standard InChI is InChI=1S/C20H19F3N2O2/c1-13-5-10-16(12-17(13)25-11-3-2-4-18(25)26)24-19(27)14-6-8-15(9-7-14)20(21,22)23/h5-10,12H,2-4,11H2,1H3,(H,24,27). The highest BCUT2D eigenvalue weighted by Crippen LogP contribution is 2.30. The van der Waals surface area contributed by atoms with E-state index < -0.39 is 17.6 Å². The molecule has 2 aromatic carbocycles. The van der Waals surface area contributed by atoms with Gasteiger partial charge in [-0.25, -0.2) is 0 Å². The molecule has 1 aliphatic rings. The van der Waals surface area contributed by atoms with Crippen LogP contribution in [0.1, 0.15) is 40.7 Å². The van der Waals surface area contributed by atoms with Gasteiger partial charge >= 0.3 is 6.18 Å². The van der Waals surface area contributed by atoms with Gasteiger partial charge in [0.15, 0.2) is 0 Å². The van der Waals surface area contributed by atoms with E-state index in [0.29, 0.717) is 18.7 Å². The fourth-order valence-corrected chi connectivity index (χ4v) is 3.05. The maximum atomic E-state index is 12.6. The maximum absolute atomic E-state index is 12.6. The van der Waals surface area contributed by atoms with Crippen molar-refractivity contribution in [2.45, 2.75) is 32.4 Å². The van der Waals surface area contributed by atoms with Gasteiger partial charge in [0, 0.05) is 29.9 Å². The quantitative estimate of drug-likeness (QED) is 0.838. The van der Waals surface area contributed by atoms with Crippen LogP contribution in [0.5, 0.6) is 0 Å². The van der Waals surface area contributed by atoms with Crippen molar-refractivity contribution in [1.82, 2.24) is 0 Å². The zero-order valence-corrected chi connectivity index (χ0v) is 14.8. The summed E-state index contributed by atoms with van der Waals surface area (Å²) in [5.74, 6) is -0.459. The molecular formula is C20H19F3N2O2. The number of piperidine rings is 1. The first-order valence-corrected chi connectivity index (χ1v) is 8.65. The number of alkyl halides is 3. The number of hydrogen-bond acceptors (Lipinski definition) is 2. The van der Waals surface area contributed by atoms with Crippen LogP contribution in [0.25, 0.3) is 0 Å². The third kappa shape index (κ3) is 4.30. The molecular weight excluding hydrogens is 357 g/mol. The van der Waals surface area contributed by atoms with Crippen molar-refractivity contribution >= 4 is 23.2 Å². The molecule has 0 unspecified atom stereocenters. The number of benzene rings is 2. The van der Waals surface area contributed by atoms with Crippen molar-refractivity contribution in [2.24, 2.45) is 0 Å². The van der Waals surface area contributed by atoms with Crippen LogP contribution in [0.2, 0.25) is 0 Å². The number of rotatable bonds is 3. The molecule has 142 valence electrons. The van der Waals surface area contributed by atoms with Crippen LogP contribution in [0.4, 0.5) is 24.5 Å². The molecule has 7 heteroatoms. The second kappa shape index (κ2) is 7.42. The monoisotopic (exact) mass is 376 g/mol. The van der Waals surface area contributed by atoms with Crippen LogP contribution in [-0.4, -0.2) is 18.4 Å². The minimum atomic E-state index is -4.44. The summed E-state index contributed by atoms with van der Waals surface area (Å²) in [5, 5.41) is 2.68. The molecule has 27 heavy (non-hydrogen) atoms. The SMILES string of the molecule is Cc1ccc(NC(=O)c2ccc(C(F)(F)F)cc2)cc1N1CCCCC1=O. The summed E-state index contributed by atoms with van der Waals surface area (Å²) in [7, 11) is 0. The van der Waals surface area contributed by atoms with Crippen LogP contribution < -0.4 is 10.2 Å². The number of aryl methyl sites for hydroxylation is 1. The van der Waals surface area contributed by atoms with Crippen LogP contribution in [0, 0.1) is 6.92 Å². The largest absolute Gasteiger partial charge is 0.416 e. The maximum Gasteiger partial charge on any atom is 0.416 e. The predicted octanol–water partition coefficient (Wildman–Crippen LogP) is 4.78. The number of hydrogen-bond donors (Lipinski definition) is 1. The zero-order valence-electron chi connectivity index (χ0n) is 14.8. The molecule has 0 radical (unpaired) electrons. The lowest BCUT2D eigenvalue weighted by Gasteiger charge is -2.28. The van der Waals surface area contributed by atoms with Crippen molar-refractivity contribution in [3.63, 3.8) is 0 Å². The van der Waals surface area contributed by atoms with Gasteiger partial charge in [-0.1, -0.05) is 6.07 Å². The molecule has 2 aromatic rings. The normalized spacial score (nSPS) is 15.0. The Morgan fingerprint density at radius 2 is 1.78 bits per heavy atom. The Kier molecular flexibility index (Phi) is 5.21. The van der Waals surface area contributed by atoms with Crippen LogP contribution in [0.3, 0.4) is 0 Å². The number of nitrogens with zero attached hydrogens (tertiary/aromatic N) is 1. The third-order valence-electron chi connectivity index (χ3n) is 4.56. The number of halogens is 3. The van der Waals surface area contributed by atoms with Crippen molar-refractivity contribution in [3.8, 4) is 0 Å². The Labute approximate surface area is 155 Å². The van der Waals surface area contributed by atoms with E-state index in [1.54, 1.807) is 23.1 Å². The molecule has 4 nitrogen and oxygen atoms in total. The summed E-state index contributed by atoms with van der Waals surface area (Å²) in [6, 6.07) is 9.27. The second-order valence-corrected chi connectivity index (χ2v) is 6.53. The van der Waals surface area contributed by atoms with E-state index in [9.17, 15) is 22.8 Å². The van der Waals surface area contributed by atoms with E-state index in [2.05, 4.69) is 5.32 Å². The lowest BCUT2D eigenvalue weighted by Crippen LogP contribution is -2.35. The van der Waals surface area contributed by atoms with Gasteiger partial charge in [-0.05, 0) is 61.7 Å². The van der Waals surface area contributed by atoms with Gasteiger partial charge in [-0.3, -0.25) is 9.59 Å². The predicted molar refractivity (Wildman–Crippen MR) is 96.8 cm³/mol. The van der Waals surface area contributed by atoms with E-state index in [1.807, 2.05) is 6.92 Å². The van der Waals surface area contributed by atoms with Crippen LogP contribution >= 0.6 is 0 Å². The molecule has 0 aromatic heterocycles. The third-order valence-corrected chi connectivity index (χ3v) is 4.56. The summed E-state index contributed by atoms with van der Waals surface area (Å²) >= 11 is 0. The van der Waals surface area contributed by atoms with E-state index in [0.717, 1.165) is 48.4 Å². The number of anilines is 2. The van der Waals surface area contributed by atoms with Gasteiger partial charge in [-0.15, -0.1) is 0 Å². The smallest absolute Gasteiger partial charge is 0.322 e. The number of nitrogens with one attached hydrogen (secondary N) is 1. The van der Waals surface area contributed by atoms with Gasteiger partial charge in [0.05, 0.1) is 5.56 Å². The Hall–Kier alpha value is -2.83. The van der Waals surface area contributed by atoms with E-state index in [1.165, 1.54) is 0 Å². The van der Waals surface area contributed by atoms with Crippen molar-refractivity contribution in [1.29, 1.82) is 0 Å². The molecule has 1 aliphatic heterocycles. The minimum absolute atomic E-state index is 0.0514. The summed E-state index contributed by atoms with van der Waals surface area (Å²) in [5.41, 5.74) is 1.46. The Morgan fingerprint density at radius 1 is 1.07 bits per heavy atom. The Bertz CT molecular complexity index is 861. The van der Waals surface area contributed by atoms with Crippen molar-refractivity contribution < 1.29 is 22.8 Å². The van der Waals surface area contributed by atoms with Crippen molar-refractivity contribution in [2.75, 3.05) is 16.8 Å². The molecule has 1 N–H and O–H groups in total. The van der Waals surface area contributed by atoms with E-state index >= 15 is 0 Å². The minimum Gasteiger partial charge on any atom is -0.322 e. The van der Waals surface area contributed by atoms with Gasteiger partial charge in [0.2, 0.25) is 5.91 Å². The Morgan fingerprint density at radius 3 is 2.41 bits per heavy atom. The first-order chi connectivity index (χ1) is 12.8. The summed E-state index contributed by atoms with van der Waals surface area (Å²) in [6.45, 7) is 2.52. The molecule has 0 saturated carbocycles. The average molecular weight is 376 g/mol. The number of carbonyl (C=O) groups excluding carboxylic acids is 2. The molecule has 1 fully saturated rings. The topological polar surface area (TPSA) is 49.4 Å². The first-order valence-electron chi connectivity index (χ1n) is 8.65. The summed E-state index contributed by atoms with van der Waals surface area (Å²) in [6.07, 6.45) is -2.14.